The molecule has 0 amide bonds. The molecular formula is C25H41N3O. The molecule has 0 aromatic carbocycles. The van der Waals surface area contributed by atoms with Crippen LogP contribution in [0.15, 0.2) is 18.3 Å². The van der Waals surface area contributed by atoms with E-state index in [1.54, 1.807) is 0 Å². The van der Waals surface area contributed by atoms with Crippen molar-refractivity contribution in [1.29, 1.82) is 0 Å². The maximum atomic E-state index is 10.4. The number of nitrogens with zero attached hydrogens (tertiary/aromatic N) is 2. The lowest BCUT2D eigenvalue weighted by atomic mass is 9.49. The van der Waals surface area contributed by atoms with E-state index in [2.05, 4.69) is 52.1 Å². The predicted molar refractivity (Wildman–Crippen MR) is 119 cm³/mol. The molecule has 1 aromatic heterocycles. The number of hydrogen-bond acceptors (Lipinski definition) is 3. The van der Waals surface area contributed by atoms with E-state index in [9.17, 15) is 5.11 Å². The molecule has 0 bridgehead atoms. The highest BCUT2D eigenvalue weighted by molar-refractivity contribution is 5.27. The molecule has 0 saturated heterocycles. The number of aliphatic hydroxyl groups is 1. The summed E-state index contributed by atoms with van der Waals surface area (Å²) in [6.45, 7) is 16.9. The predicted octanol–water partition coefficient (Wildman–Crippen LogP) is 4.31. The largest absolute Gasteiger partial charge is 0.396 e. The van der Waals surface area contributed by atoms with E-state index in [-0.39, 0.29) is 28.9 Å². The van der Waals surface area contributed by atoms with Crippen LogP contribution in [0.25, 0.3) is 0 Å². The van der Waals surface area contributed by atoms with E-state index < -0.39 is 0 Å². The Kier molecular flexibility index (Phi) is 5.06. The molecule has 2 saturated carbocycles. The van der Waals surface area contributed by atoms with Gasteiger partial charge in [-0.1, -0.05) is 26.0 Å². The summed E-state index contributed by atoms with van der Waals surface area (Å²) in [6, 6.07) is 0. The topological polar surface area (TPSA) is 64.1 Å². The van der Waals surface area contributed by atoms with Crippen molar-refractivity contribution in [2.24, 2.45) is 40.2 Å². The van der Waals surface area contributed by atoms with Gasteiger partial charge in [0.25, 0.3) is 0 Å². The third kappa shape index (κ3) is 3.13. The number of rotatable bonds is 3. The molecule has 0 radical (unpaired) electrons. The Morgan fingerprint density at radius 2 is 2.00 bits per heavy atom. The Bertz CT molecular complexity index is 790. The molecule has 4 heteroatoms. The molecule has 0 aliphatic heterocycles. The number of allylic oxidation sites excluding steroid dienone is 1. The molecule has 6 atom stereocenters. The van der Waals surface area contributed by atoms with Gasteiger partial charge in [0.2, 0.25) is 0 Å². The number of aliphatic hydroxyl groups excluding tert-OH is 1. The van der Waals surface area contributed by atoms with E-state index in [0.29, 0.717) is 17.8 Å². The van der Waals surface area contributed by atoms with E-state index >= 15 is 0 Å². The molecule has 2 fully saturated rings. The first-order valence-corrected chi connectivity index (χ1v) is 11.6. The molecule has 4 nitrogen and oxygen atoms in total. The number of aromatic nitrogens is 2. The van der Waals surface area contributed by atoms with Crippen LogP contribution in [0.3, 0.4) is 0 Å². The zero-order valence-electron chi connectivity index (χ0n) is 19.2. The highest BCUT2D eigenvalue weighted by atomic mass is 16.3. The van der Waals surface area contributed by atoms with Gasteiger partial charge in [-0.3, -0.25) is 4.68 Å². The maximum Gasteiger partial charge on any atom is 0.0660 e. The Morgan fingerprint density at radius 3 is 2.62 bits per heavy atom. The van der Waals surface area contributed by atoms with Gasteiger partial charge in [0.1, 0.15) is 0 Å². The van der Waals surface area contributed by atoms with Crippen LogP contribution in [0.2, 0.25) is 0 Å². The van der Waals surface area contributed by atoms with Crippen molar-refractivity contribution in [2.45, 2.75) is 78.7 Å². The summed E-state index contributed by atoms with van der Waals surface area (Å²) in [5.41, 5.74) is 10.8. The second-order valence-corrected chi connectivity index (χ2v) is 11.7. The first-order valence-electron chi connectivity index (χ1n) is 11.6. The van der Waals surface area contributed by atoms with E-state index in [4.69, 9.17) is 10.8 Å². The monoisotopic (exact) mass is 399 g/mol. The lowest BCUT2D eigenvalue weighted by Crippen LogP contribution is -2.53. The van der Waals surface area contributed by atoms with E-state index in [0.717, 1.165) is 25.8 Å². The minimum absolute atomic E-state index is 0.0148. The van der Waals surface area contributed by atoms with Crippen LogP contribution in [0.5, 0.6) is 0 Å². The van der Waals surface area contributed by atoms with Crippen LogP contribution >= 0.6 is 0 Å². The lowest BCUT2D eigenvalue weighted by molar-refractivity contribution is -0.0536. The molecule has 0 spiro atoms. The molecule has 1 heterocycles. The zero-order chi connectivity index (χ0) is 21.2. The average Bonchev–Trinajstić information content (AvgIpc) is 3.20. The van der Waals surface area contributed by atoms with Gasteiger partial charge in [-0.05, 0) is 106 Å². The van der Waals surface area contributed by atoms with Crippen molar-refractivity contribution in [3.63, 3.8) is 0 Å². The standard InChI is InChI=1S/C25H41N3O/c1-16-7-8-20-19(13-26)21(9-10-24(16,20)5)25(6)12-17-14-28(23(2,3)4)27-22(17)11-18(25)15-29/h14,18-21,29H,1,7-13,15,26H2,2-6H3/t18-,19-,20+,21+,24-,25-/m1/s1. The smallest absolute Gasteiger partial charge is 0.0660 e. The average molecular weight is 400 g/mol. The van der Waals surface area contributed by atoms with Crippen molar-refractivity contribution in [3.05, 3.63) is 29.6 Å². The molecular weight excluding hydrogens is 358 g/mol. The molecule has 29 heavy (non-hydrogen) atoms. The minimum Gasteiger partial charge on any atom is -0.396 e. The molecule has 4 rings (SSSR count). The van der Waals surface area contributed by atoms with Crippen LogP contribution in [0.4, 0.5) is 0 Å². The fourth-order valence-electron chi connectivity index (χ4n) is 7.18. The van der Waals surface area contributed by atoms with Gasteiger partial charge in [-0.2, -0.15) is 5.10 Å². The Hall–Kier alpha value is -1.13. The Balaban J connectivity index is 1.69. The minimum atomic E-state index is -0.0148. The molecule has 162 valence electrons. The molecule has 3 N–H and O–H groups in total. The van der Waals surface area contributed by atoms with Crippen LogP contribution in [-0.2, 0) is 18.4 Å². The SMILES string of the molecule is C=C1CC[C@H]2[C@@H](CN)[C@@H]([C@]3(C)Cc4cn(C(C)(C)C)nc4C[C@@H]3CO)CC[C@]12C. The third-order valence-electron chi connectivity index (χ3n) is 9.24. The van der Waals surface area contributed by atoms with Gasteiger partial charge in [0.15, 0.2) is 0 Å². The van der Waals surface area contributed by atoms with Crippen molar-refractivity contribution in [1.82, 2.24) is 9.78 Å². The summed E-state index contributed by atoms with van der Waals surface area (Å²) in [4.78, 5) is 0. The van der Waals surface area contributed by atoms with Gasteiger partial charge < -0.3 is 10.8 Å². The van der Waals surface area contributed by atoms with Crippen LogP contribution in [0, 0.1) is 34.5 Å². The summed E-state index contributed by atoms with van der Waals surface area (Å²) in [5.74, 6) is 1.98. The Labute approximate surface area is 176 Å². The van der Waals surface area contributed by atoms with Gasteiger partial charge >= 0.3 is 0 Å². The molecule has 3 aliphatic rings. The van der Waals surface area contributed by atoms with Gasteiger partial charge in [0.05, 0.1) is 11.2 Å². The van der Waals surface area contributed by atoms with Crippen LogP contribution in [0.1, 0.15) is 71.6 Å². The first kappa shape index (κ1) is 21.1. The van der Waals surface area contributed by atoms with E-state index in [1.807, 2.05) is 0 Å². The highest BCUT2D eigenvalue weighted by Gasteiger charge is 2.56. The number of nitrogens with two attached hydrogens (primary N) is 1. The zero-order valence-corrected chi connectivity index (χ0v) is 19.2. The first-order chi connectivity index (χ1) is 13.5. The summed E-state index contributed by atoms with van der Waals surface area (Å²) in [6.07, 6.45) is 8.98. The second kappa shape index (κ2) is 6.95. The van der Waals surface area contributed by atoms with Crippen molar-refractivity contribution in [2.75, 3.05) is 13.2 Å². The van der Waals surface area contributed by atoms with E-state index in [1.165, 1.54) is 36.1 Å². The summed E-state index contributed by atoms with van der Waals surface area (Å²) in [5, 5.41) is 15.3. The lowest BCUT2D eigenvalue weighted by Gasteiger charge is -2.55. The fraction of sp³-hybridized carbons (Fsp3) is 0.800. The summed E-state index contributed by atoms with van der Waals surface area (Å²) in [7, 11) is 0. The molecule has 3 aliphatic carbocycles. The van der Waals surface area contributed by atoms with Crippen molar-refractivity contribution >= 4 is 0 Å². The fourth-order valence-corrected chi connectivity index (χ4v) is 7.18. The van der Waals surface area contributed by atoms with Crippen LogP contribution in [-0.4, -0.2) is 28.0 Å². The summed E-state index contributed by atoms with van der Waals surface area (Å²) >= 11 is 0. The van der Waals surface area contributed by atoms with Crippen molar-refractivity contribution < 1.29 is 5.11 Å². The van der Waals surface area contributed by atoms with Crippen molar-refractivity contribution in [3.8, 4) is 0 Å². The van der Waals surface area contributed by atoms with Crippen LogP contribution < -0.4 is 5.73 Å². The highest BCUT2D eigenvalue weighted by Crippen LogP contribution is 2.62. The number of fused-ring (bicyclic) bond motifs is 2. The molecule has 1 aromatic rings. The number of hydrogen-bond donors (Lipinski definition) is 2. The normalized spacial score (nSPS) is 40.0. The second-order valence-electron chi connectivity index (χ2n) is 11.7. The third-order valence-corrected chi connectivity index (χ3v) is 9.24. The van der Waals surface area contributed by atoms with Gasteiger partial charge in [0, 0.05) is 12.8 Å². The molecule has 0 unspecified atom stereocenters. The summed E-state index contributed by atoms with van der Waals surface area (Å²) < 4.78 is 2.12. The maximum absolute atomic E-state index is 10.4. The Morgan fingerprint density at radius 1 is 1.28 bits per heavy atom. The van der Waals surface area contributed by atoms with Gasteiger partial charge in [-0.15, -0.1) is 0 Å². The van der Waals surface area contributed by atoms with Gasteiger partial charge in [-0.25, -0.2) is 0 Å². The quantitative estimate of drug-likeness (QED) is 0.745.